The molecule has 0 aromatic heterocycles. The van der Waals surface area contributed by atoms with Crippen molar-refractivity contribution in [3.8, 4) is 0 Å². The van der Waals surface area contributed by atoms with Crippen LogP contribution in [0.5, 0.6) is 0 Å². The lowest BCUT2D eigenvalue weighted by atomic mass is 9.82. The summed E-state index contributed by atoms with van der Waals surface area (Å²) in [6.07, 6.45) is 3.25. The molecule has 0 bridgehead atoms. The fraction of sp³-hybridized carbons (Fsp3) is 0.405. The molecule has 0 heterocycles. The zero-order valence-corrected chi connectivity index (χ0v) is 28.9. The minimum absolute atomic E-state index is 0.0658. The maximum Gasteiger partial charge on any atom is 0.0775 e. The smallest absolute Gasteiger partial charge is 0.0656 e. The van der Waals surface area contributed by atoms with Crippen LogP contribution in [-0.4, -0.2) is 17.6 Å². The van der Waals surface area contributed by atoms with Crippen molar-refractivity contribution in [1.29, 1.82) is 0 Å². The van der Waals surface area contributed by atoms with E-state index < -0.39 is 17.6 Å². The first-order chi connectivity index (χ1) is 18.3. The predicted molar refractivity (Wildman–Crippen MR) is 181 cm³/mol. The van der Waals surface area contributed by atoms with Gasteiger partial charge in [0.15, 0.2) is 0 Å². The molecule has 0 spiro atoms. The fourth-order valence-electron chi connectivity index (χ4n) is 6.95. The van der Waals surface area contributed by atoms with E-state index in [1.807, 2.05) is 0 Å². The summed E-state index contributed by atoms with van der Waals surface area (Å²) < 4.78 is 0. The Balaban J connectivity index is 2.00. The van der Waals surface area contributed by atoms with Gasteiger partial charge in [-0.3, -0.25) is 0 Å². The monoisotopic (exact) mass is 550 g/mol. The second-order valence-electron chi connectivity index (χ2n) is 13.4. The Morgan fingerprint density at radius 1 is 0.615 bits per heavy atom. The Labute approximate surface area is 242 Å². The molecule has 0 nitrogen and oxygen atoms in total. The Bertz CT molecular complexity index is 1420. The van der Waals surface area contributed by atoms with Crippen molar-refractivity contribution in [2.75, 3.05) is 0 Å². The summed E-state index contributed by atoms with van der Waals surface area (Å²) in [5.74, 6) is 0. The average Bonchev–Trinajstić information content (AvgIpc) is 3.02. The highest BCUT2D eigenvalue weighted by Gasteiger charge is 2.44. The Hall–Kier alpha value is -2.43. The first-order valence-electron chi connectivity index (χ1n) is 15.0. The van der Waals surface area contributed by atoms with Crippen LogP contribution in [-0.2, 0) is 19.3 Å². The van der Waals surface area contributed by atoms with Gasteiger partial charge in [-0.15, -0.1) is 0 Å². The number of benzene rings is 3. The molecular weight excluding hydrogens is 501 g/mol. The molecule has 0 aliphatic heterocycles. The van der Waals surface area contributed by atoms with Crippen molar-refractivity contribution in [1.82, 2.24) is 0 Å². The summed E-state index contributed by atoms with van der Waals surface area (Å²) in [7, 11) is -2.16. The first kappa shape index (κ1) is 29.6. The van der Waals surface area contributed by atoms with Crippen molar-refractivity contribution < 1.29 is 0 Å². The fourth-order valence-corrected chi connectivity index (χ4v) is 11.5. The van der Waals surface area contributed by atoms with Crippen LogP contribution in [0, 0.1) is 20.8 Å². The summed E-state index contributed by atoms with van der Waals surface area (Å²) in [4.78, 5) is 0. The second kappa shape index (κ2) is 11.2. The van der Waals surface area contributed by atoms with E-state index >= 15 is 0 Å². The average molecular weight is 551 g/mol. The van der Waals surface area contributed by atoms with Gasteiger partial charge >= 0.3 is 0 Å². The van der Waals surface area contributed by atoms with Gasteiger partial charge in [-0.2, -0.15) is 0 Å². The maximum atomic E-state index is 2.61. The largest absolute Gasteiger partial charge is 0.0775 e. The lowest BCUT2D eigenvalue weighted by Gasteiger charge is -2.37. The van der Waals surface area contributed by atoms with Crippen molar-refractivity contribution in [3.05, 3.63) is 110 Å². The molecule has 1 unspecified atom stereocenters. The zero-order valence-electron chi connectivity index (χ0n) is 26.5. The lowest BCUT2D eigenvalue weighted by Crippen LogP contribution is -2.42. The molecule has 206 valence electrons. The Kier molecular flexibility index (Phi) is 8.50. The molecule has 1 atom stereocenters. The van der Waals surface area contributed by atoms with E-state index in [0.717, 1.165) is 19.3 Å². The van der Waals surface area contributed by atoms with Crippen LogP contribution in [0.25, 0.3) is 5.57 Å². The van der Waals surface area contributed by atoms with Crippen LogP contribution in [0.3, 0.4) is 0 Å². The molecule has 2 heteroatoms. The molecule has 0 saturated heterocycles. The van der Waals surface area contributed by atoms with Crippen LogP contribution >= 0.6 is 0 Å². The van der Waals surface area contributed by atoms with Crippen LogP contribution in [0.1, 0.15) is 73.6 Å². The number of hydrogen-bond donors (Lipinski definition) is 0. The molecule has 1 aliphatic carbocycles. The molecule has 1 aliphatic rings. The van der Waals surface area contributed by atoms with Gasteiger partial charge in [0.2, 0.25) is 0 Å². The van der Waals surface area contributed by atoms with E-state index in [1.54, 1.807) is 21.5 Å². The highest BCUT2D eigenvalue weighted by atomic mass is 28.3. The standard InChI is InChI=1S/C37H50Si2/c1-12-30-19-31(13-2)21-33(20-30)36-28(7)27(6)29(8)37(36,23-32-15-24(3)14-25(4)16-32)38-34-17-26(5)18-35(22-34)39(9,10)11/h14-22H,12-13,23,38H2,1-11H3. The molecule has 0 N–H and O–H groups in total. The van der Waals surface area contributed by atoms with Crippen LogP contribution in [0.2, 0.25) is 24.7 Å². The number of allylic oxidation sites excluding steroid dienone is 4. The van der Waals surface area contributed by atoms with E-state index in [4.69, 9.17) is 0 Å². The summed E-state index contributed by atoms with van der Waals surface area (Å²) in [5, 5.41) is 3.29. The highest BCUT2D eigenvalue weighted by Crippen LogP contribution is 2.58. The molecule has 3 aromatic rings. The zero-order chi connectivity index (χ0) is 28.7. The van der Waals surface area contributed by atoms with Crippen molar-refractivity contribution in [2.45, 2.75) is 99.3 Å². The second-order valence-corrected chi connectivity index (χ2v) is 20.8. The topological polar surface area (TPSA) is 0 Å². The van der Waals surface area contributed by atoms with Gasteiger partial charge in [-0.25, -0.2) is 0 Å². The van der Waals surface area contributed by atoms with Crippen LogP contribution in [0.4, 0.5) is 0 Å². The quantitative estimate of drug-likeness (QED) is 0.247. The molecule has 39 heavy (non-hydrogen) atoms. The van der Waals surface area contributed by atoms with Crippen LogP contribution in [0.15, 0.2) is 71.3 Å². The van der Waals surface area contributed by atoms with Crippen molar-refractivity contribution >= 4 is 33.5 Å². The summed E-state index contributed by atoms with van der Waals surface area (Å²) in [5.41, 5.74) is 16.3. The minimum atomic E-state index is -1.42. The molecular formula is C37H50Si2. The molecule has 4 rings (SSSR count). The van der Waals surface area contributed by atoms with Gasteiger partial charge < -0.3 is 0 Å². The third-order valence-corrected chi connectivity index (χ3v) is 13.7. The summed E-state index contributed by atoms with van der Waals surface area (Å²) in [6.45, 7) is 26.1. The maximum absolute atomic E-state index is 2.61. The van der Waals surface area contributed by atoms with Gasteiger partial charge in [0.1, 0.15) is 0 Å². The number of hydrogen-bond acceptors (Lipinski definition) is 0. The van der Waals surface area contributed by atoms with Gasteiger partial charge in [-0.05, 0) is 99.8 Å². The van der Waals surface area contributed by atoms with Crippen molar-refractivity contribution in [2.24, 2.45) is 0 Å². The van der Waals surface area contributed by atoms with Gasteiger partial charge in [-0.1, -0.05) is 121 Å². The van der Waals surface area contributed by atoms with Gasteiger partial charge in [0.05, 0.1) is 17.6 Å². The Morgan fingerprint density at radius 3 is 1.72 bits per heavy atom. The lowest BCUT2D eigenvalue weighted by molar-refractivity contribution is 0.795. The summed E-state index contributed by atoms with van der Waals surface area (Å²) >= 11 is 0. The number of rotatable bonds is 8. The van der Waals surface area contributed by atoms with Crippen molar-refractivity contribution in [3.63, 3.8) is 0 Å². The molecule has 3 aromatic carbocycles. The normalized spacial score (nSPS) is 18.2. The van der Waals surface area contributed by atoms with E-state index in [-0.39, 0.29) is 5.04 Å². The molecule has 0 saturated carbocycles. The van der Waals surface area contributed by atoms with E-state index in [1.165, 1.54) is 50.1 Å². The van der Waals surface area contributed by atoms with Crippen LogP contribution < -0.4 is 10.4 Å². The minimum Gasteiger partial charge on any atom is -0.0656 e. The summed E-state index contributed by atoms with van der Waals surface area (Å²) in [6, 6.07) is 22.2. The third-order valence-electron chi connectivity index (χ3n) is 9.15. The van der Waals surface area contributed by atoms with E-state index in [9.17, 15) is 0 Å². The van der Waals surface area contributed by atoms with Gasteiger partial charge in [0.25, 0.3) is 0 Å². The molecule has 0 fully saturated rings. The van der Waals surface area contributed by atoms with E-state index in [0.29, 0.717) is 0 Å². The molecule has 0 radical (unpaired) electrons. The highest BCUT2D eigenvalue weighted by molar-refractivity contribution is 6.89. The van der Waals surface area contributed by atoms with Gasteiger partial charge in [0, 0.05) is 5.04 Å². The number of aryl methyl sites for hydroxylation is 5. The Morgan fingerprint density at radius 2 is 1.18 bits per heavy atom. The van der Waals surface area contributed by atoms with E-state index in [2.05, 4.69) is 130 Å². The predicted octanol–water partition coefficient (Wildman–Crippen LogP) is 8.30. The third kappa shape index (κ3) is 6.03. The SMILES string of the molecule is CCc1cc(CC)cc(C2=C(C)C(C)=C(C)C2(Cc2cc(C)cc(C)c2)[SiH2]c2cc(C)cc([Si](C)(C)C)c2)c1. The first-order valence-corrected chi connectivity index (χ1v) is 19.9. The molecule has 0 amide bonds.